The molecule has 0 radical (unpaired) electrons. The Morgan fingerprint density at radius 2 is 1.72 bits per heavy atom. The normalized spacial score (nSPS) is 11.0. The zero-order chi connectivity index (χ0) is 18.6. The van der Waals surface area contributed by atoms with E-state index < -0.39 is 10.0 Å². The molecule has 0 bridgehead atoms. The highest BCUT2D eigenvalue weighted by molar-refractivity contribution is 7.92. The summed E-state index contributed by atoms with van der Waals surface area (Å²) in [5.74, 6) is 0.839. The van der Waals surface area contributed by atoms with Gasteiger partial charge in [0.2, 0.25) is 0 Å². The fourth-order valence-corrected chi connectivity index (χ4v) is 4.04. The first-order valence-corrected chi connectivity index (χ1v) is 9.22. The lowest BCUT2D eigenvalue weighted by Gasteiger charge is -2.25. The highest BCUT2D eigenvalue weighted by atomic mass is 32.2. The molecular formula is C19H23NO4S. The van der Waals surface area contributed by atoms with Crippen LogP contribution in [-0.4, -0.2) is 29.2 Å². The zero-order valence-electron chi connectivity index (χ0n) is 14.9. The van der Waals surface area contributed by atoms with Gasteiger partial charge >= 0.3 is 0 Å². The van der Waals surface area contributed by atoms with Gasteiger partial charge in [-0.15, -0.1) is 6.58 Å². The van der Waals surface area contributed by atoms with Crippen molar-refractivity contribution in [1.29, 1.82) is 0 Å². The van der Waals surface area contributed by atoms with Crippen LogP contribution in [0.3, 0.4) is 0 Å². The minimum Gasteiger partial charge on any atom is -0.493 e. The first-order valence-electron chi connectivity index (χ1n) is 7.78. The van der Waals surface area contributed by atoms with E-state index in [1.54, 1.807) is 12.1 Å². The van der Waals surface area contributed by atoms with Crippen LogP contribution in [0.1, 0.15) is 11.1 Å². The van der Waals surface area contributed by atoms with Crippen LogP contribution in [0.4, 0.5) is 5.69 Å². The molecule has 0 aliphatic rings. The van der Waals surface area contributed by atoms with Crippen molar-refractivity contribution in [2.24, 2.45) is 0 Å². The van der Waals surface area contributed by atoms with Crippen LogP contribution in [0, 0.1) is 13.8 Å². The van der Waals surface area contributed by atoms with E-state index in [1.807, 2.05) is 32.0 Å². The number of ether oxygens (including phenoxy) is 2. The lowest BCUT2D eigenvalue weighted by molar-refractivity contribution is 0.354. The Labute approximate surface area is 149 Å². The van der Waals surface area contributed by atoms with Crippen LogP contribution in [-0.2, 0) is 10.0 Å². The van der Waals surface area contributed by atoms with Crippen molar-refractivity contribution in [2.45, 2.75) is 18.7 Å². The van der Waals surface area contributed by atoms with Gasteiger partial charge in [-0.3, -0.25) is 4.31 Å². The number of hydrogen-bond acceptors (Lipinski definition) is 4. The second kappa shape index (κ2) is 7.61. The summed E-state index contributed by atoms with van der Waals surface area (Å²) < 4.78 is 38.2. The number of aryl methyl sites for hydroxylation is 2. The summed E-state index contributed by atoms with van der Waals surface area (Å²) >= 11 is 0. The SMILES string of the molecule is C=CCN(c1cc(C)ccc1C)S(=O)(=O)c1ccc(OC)c(OC)c1. The van der Waals surface area contributed by atoms with Crippen LogP contribution < -0.4 is 13.8 Å². The summed E-state index contributed by atoms with van der Waals surface area (Å²) in [4.78, 5) is 0.132. The maximum Gasteiger partial charge on any atom is 0.264 e. The fourth-order valence-electron chi connectivity index (χ4n) is 2.54. The first-order chi connectivity index (χ1) is 11.8. The fraction of sp³-hybridized carbons (Fsp3) is 0.263. The van der Waals surface area contributed by atoms with E-state index in [0.717, 1.165) is 11.1 Å². The van der Waals surface area contributed by atoms with Gasteiger partial charge in [-0.25, -0.2) is 8.42 Å². The number of sulfonamides is 1. The molecule has 0 heterocycles. The molecule has 0 spiro atoms. The second-order valence-electron chi connectivity index (χ2n) is 5.63. The molecule has 0 saturated heterocycles. The van der Waals surface area contributed by atoms with Gasteiger partial charge in [-0.1, -0.05) is 18.2 Å². The topological polar surface area (TPSA) is 55.8 Å². The minimum absolute atomic E-state index is 0.132. The summed E-state index contributed by atoms with van der Waals surface area (Å²) in [5.41, 5.74) is 2.49. The molecule has 0 saturated carbocycles. The van der Waals surface area contributed by atoms with E-state index in [0.29, 0.717) is 17.2 Å². The van der Waals surface area contributed by atoms with Crippen LogP contribution >= 0.6 is 0 Å². The summed E-state index contributed by atoms with van der Waals surface area (Å²) in [6.07, 6.45) is 1.57. The lowest BCUT2D eigenvalue weighted by Crippen LogP contribution is -2.31. The van der Waals surface area contributed by atoms with E-state index in [9.17, 15) is 8.42 Å². The largest absolute Gasteiger partial charge is 0.493 e. The molecule has 2 rings (SSSR count). The van der Waals surface area contributed by atoms with Gasteiger partial charge in [0, 0.05) is 6.07 Å². The number of benzene rings is 2. The predicted molar refractivity (Wildman–Crippen MR) is 100 cm³/mol. The van der Waals surface area contributed by atoms with E-state index in [2.05, 4.69) is 6.58 Å². The molecule has 0 N–H and O–H groups in total. The van der Waals surface area contributed by atoms with Crippen molar-refractivity contribution in [3.8, 4) is 11.5 Å². The molecule has 0 aliphatic heterocycles. The molecule has 134 valence electrons. The molecule has 2 aromatic carbocycles. The lowest BCUT2D eigenvalue weighted by atomic mass is 10.1. The minimum atomic E-state index is -3.79. The second-order valence-corrected chi connectivity index (χ2v) is 7.49. The molecule has 0 fully saturated rings. The molecule has 0 aliphatic carbocycles. The van der Waals surface area contributed by atoms with Crippen LogP contribution in [0.25, 0.3) is 0 Å². The average molecular weight is 361 g/mol. The molecular weight excluding hydrogens is 338 g/mol. The zero-order valence-corrected chi connectivity index (χ0v) is 15.8. The highest BCUT2D eigenvalue weighted by Crippen LogP contribution is 2.33. The van der Waals surface area contributed by atoms with Crippen LogP contribution in [0.5, 0.6) is 11.5 Å². The number of methoxy groups -OCH3 is 2. The third-order valence-electron chi connectivity index (χ3n) is 3.87. The van der Waals surface area contributed by atoms with Crippen molar-refractivity contribution in [2.75, 3.05) is 25.1 Å². The van der Waals surface area contributed by atoms with E-state index in [4.69, 9.17) is 9.47 Å². The Balaban J connectivity index is 2.60. The number of hydrogen-bond donors (Lipinski definition) is 0. The molecule has 0 atom stereocenters. The van der Waals surface area contributed by atoms with E-state index >= 15 is 0 Å². The monoisotopic (exact) mass is 361 g/mol. The Kier molecular flexibility index (Phi) is 5.74. The Bertz CT molecular complexity index is 875. The van der Waals surface area contributed by atoms with Crippen LogP contribution in [0.2, 0.25) is 0 Å². The standard InChI is InChI=1S/C19H23NO4S/c1-6-11-20(17-12-14(2)7-8-15(17)3)25(21,22)16-9-10-18(23-4)19(13-16)24-5/h6-10,12-13H,1,11H2,2-5H3. The van der Waals surface area contributed by atoms with Gasteiger partial charge < -0.3 is 9.47 Å². The highest BCUT2D eigenvalue weighted by Gasteiger charge is 2.26. The first kappa shape index (κ1) is 18.9. The molecule has 0 amide bonds. The quantitative estimate of drug-likeness (QED) is 0.706. The maximum atomic E-state index is 13.2. The summed E-state index contributed by atoms with van der Waals surface area (Å²) in [5, 5.41) is 0. The van der Waals surface area contributed by atoms with Crippen LogP contribution in [0.15, 0.2) is 53.9 Å². The molecule has 25 heavy (non-hydrogen) atoms. The summed E-state index contributed by atoms with van der Waals surface area (Å²) in [6, 6.07) is 10.3. The van der Waals surface area contributed by atoms with Gasteiger partial charge in [-0.2, -0.15) is 0 Å². The molecule has 5 nitrogen and oxygen atoms in total. The Morgan fingerprint density at radius 1 is 1.04 bits per heavy atom. The van der Waals surface area contributed by atoms with Crippen molar-refractivity contribution in [3.05, 3.63) is 60.2 Å². The Morgan fingerprint density at radius 3 is 2.32 bits per heavy atom. The third kappa shape index (κ3) is 3.79. The van der Waals surface area contributed by atoms with Gasteiger partial charge in [0.1, 0.15) is 0 Å². The molecule has 6 heteroatoms. The number of anilines is 1. The van der Waals surface area contributed by atoms with E-state index in [-0.39, 0.29) is 11.4 Å². The summed E-state index contributed by atoms with van der Waals surface area (Å²) in [6.45, 7) is 7.68. The molecule has 0 unspecified atom stereocenters. The molecule has 0 aromatic heterocycles. The van der Waals surface area contributed by atoms with Gasteiger partial charge in [-0.05, 0) is 43.2 Å². The maximum absolute atomic E-state index is 13.2. The number of rotatable bonds is 7. The smallest absolute Gasteiger partial charge is 0.264 e. The molecule has 2 aromatic rings. The van der Waals surface area contributed by atoms with Crippen molar-refractivity contribution < 1.29 is 17.9 Å². The van der Waals surface area contributed by atoms with Gasteiger partial charge in [0.05, 0.1) is 31.3 Å². The van der Waals surface area contributed by atoms with Gasteiger partial charge in [0.25, 0.3) is 10.0 Å². The predicted octanol–water partition coefficient (Wildman–Crippen LogP) is 3.70. The van der Waals surface area contributed by atoms with Crippen molar-refractivity contribution >= 4 is 15.7 Å². The van der Waals surface area contributed by atoms with Crippen molar-refractivity contribution in [1.82, 2.24) is 0 Å². The van der Waals surface area contributed by atoms with E-state index in [1.165, 1.54) is 30.7 Å². The average Bonchev–Trinajstić information content (AvgIpc) is 2.61. The van der Waals surface area contributed by atoms with Gasteiger partial charge in [0.15, 0.2) is 11.5 Å². The third-order valence-corrected chi connectivity index (χ3v) is 5.65. The number of nitrogens with zero attached hydrogens (tertiary/aromatic N) is 1. The van der Waals surface area contributed by atoms with Crippen molar-refractivity contribution in [3.63, 3.8) is 0 Å². The Hall–Kier alpha value is -2.47. The summed E-state index contributed by atoms with van der Waals surface area (Å²) in [7, 11) is -0.808.